The number of aliphatic hydroxyl groups excluding tert-OH is 4. The minimum absolute atomic E-state index is 0.129. The number of amides is 2. The summed E-state index contributed by atoms with van der Waals surface area (Å²) in [5.41, 5.74) is 0. The maximum atomic E-state index is 12.4. The lowest BCUT2D eigenvalue weighted by molar-refractivity contribution is -0.126. The van der Waals surface area contributed by atoms with Crippen LogP contribution >= 0.6 is 0 Å². The molecule has 0 spiro atoms. The van der Waals surface area contributed by atoms with Crippen molar-refractivity contribution in [3.05, 3.63) is 0 Å². The number of carbonyl (C=O) groups excluding carboxylic acids is 2. The van der Waals surface area contributed by atoms with Crippen molar-refractivity contribution in [2.24, 2.45) is 0 Å². The van der Waals surface area contributed by atoms with E-state index >= 15 is 0 Å². The topological polar surface area (TPSA) is 195 Å². The van der Waals surface area contributed by atoms with E-state index in [1.807, 2.05) is 0 Å². The Balaban J connectivity index is 2.05. The quantitative estimate of drug-likeness (QED) is 0.162. The second-order valence-corrected chi connectivity index (χ2v) is 11.8. The highest BCUT2D eigenvalue weighted by molar-refractivity contribution is 7.88. The first-order valence-corrected chi connectivity index (χ1v) is 13.5. The van der Waals surface area contributed by atoms with E-state index in [4.69, 9.17) is 9.47 Å². The molecule has 2 heterocycles. The fourth-order valence-corrected chi connectivity index (χ4v) is 5.00. The maximum absolute atomic E-state index is 12.4. The second-order valence-electron chi connectivity index (χ2n) is 9.82. The summed E-state index contributed by atoms with van der Waals surface area (Å²) in [5.74, 6) is -0.776. The first-order chi connectivity index (χ1) is 16.1. The molecule has 0 aliphatic carbocycles. The van der Waals surface area contributed by atoms with Crippen molar-refractivity contribution in [2.75, 3.05) is 19.3 Å². The molecule has 0 aromatic heterocycles. The van der Waals surface area contributed by atoms with Gasteiger partial charge in [0.2, 0.25) is 21.8 Å². The molecule has 0 radical (unpaired) electrons. The first kappa shape index (κ1) is 29.8. The van der Waals surface area contributed by atoms with Gasteiger partial charge >= 0.3 is 0 Å². The third-order valence-electron chi connectivity index (χ3n) is 5.83. The fraction of sp³-hybridized carbons (Fsp3) is 0.905. The Morgan fingerprint density at radius 1 is 0.743 bits per heavy atom. The maximum Gasteiger partial charge on any atom is 0.222 e. The van der Waals surface area contributed by atoms with Gasteiger partial charge in [-0.3, -0.25) is 9.59 Å². The average Bonchev–Trinajstić information content (AvgIpc) is 3.10. The van der Waals surface area contributed by atoms with Gasteiger partial charge in [0.05, 0.1) is 31.3 Å². The van der Waals surface area contributed by atoms with Crippen molar-refractivity contribution in [1.82, 2.24) is 14.9 Å². The van der Waals surface area contributed by atoms with Gasteiger partial charge in [-0.1, -0.05) is 0 Å². The highest BCUT2D eigenvalue weighted by Crippen LogP contribution is 2.28. The van der Waals surface area contributed by atoms with Crippen LogP contribution in [0.2, 0.25) is 0 Å². The van der Waals surface area contributed by atoms with Crippen LogP contribution in [0, 0.1) is 0 Å². The second kappa shape index (κ2) is 12.2. The van der Waals surface area contributed by atoms with Gasteiger partial charge in [0, 0.05) is 25.2 Å². The number of hydrogen-bond acceptors (Lipinski definition) is 10. The van der Waals surface area contributed by atoms with Crippen LogP contribution in [0.1, 0.15) is 40.5 Å². The smallest absolute Gasteiger partial charge is 0.222 e. The Hall–Kier alpha value is -1.39. The molecule has 204 valence electrons. The van der Waals surface area contributed by atoms with Crippen molar-refractivity contribution in [3.63, 3.8) is 0 Å². The Labute approximate surface area is 205 Å². The SMILES string of the molecule is CC(C)NC(=O)C[C@@H]1O[C@H](CN(C[C@H]2O[C@@H](CC(=O)NC(C)C)[C@H](O)[C@@H]2O)S(C)(=O)=O)[C@@H](O)[C@H]1O. The molecule has 14 heteroatoms. The van der Waals surface area contributed by atoms with Crippen LogP contribution in [0.5, 0.6) is 0 Å². The van der Waals surface area contributed by atoms with Crippen molar-refractivity contribution in [3.8, 4) is 0 Å². The van der Waals surface area contributed by atoms with Crippen LogP contribution in [0.4, 0.5) is 0 Å². The lowest BCUT2D eigenvalue weighted by atomic mass is 10.0. The number of nitrogens with zero attached hydrogens (tertiary/aromatic N) is 1. The van der Waals surface area contributed by atoms with Crippen LogP contribution in [0.15, 0.2) is 0 Å². The van der Waals surface area contributed by atoms with Gasteiger partial charge in [-0.2, -0.15) is 4.31 Å². The molecule has 0 aromatic rings. The Bertz CT molecular complexity index is 787. The molecule has 0 unspecified atom stereocenters. The number of ether oxygens (including phenoxy) is 2. The number of hydrogen-bond donors (Lipinski definition) is 6. The monoisotopic (exact) mass is 525 g/mol. The Morgan fingerprint density at radius 3 is 1.34 bits per heavy atom. The largest absolute Gasteiger partial charge is 0.388 e. The first-order valence-electron chi connectivity index (χ1n) is 11.7. The van der Waals surface area contributed by atoms with Gasteiger partial charge in [0.1, 0.15) is 36.6 Å². The lowest BCUT2D eigenvalue weighted by Gasteiger charge is -2.28. The molecule has 2 saturated heterocycles. The van der Waals surface area contributed by atoms with E-state index < -0.39 is 58.9 Å². The summed E-state index contributed by atoms with van der Waals surface area (Å²) in [4.78, 5) is 24.1. The van der Waals surface area contributed by atoms with Gasteiger partial charge in [0.15, 0.2) is 0 Å². The average molecular weight is 526 g/mol. The van der Waals surface area contributed by atoms with Crippen LogP contribution < -0.4 is 10.6 Å². The van der Waals surface area contributed by atoms with Crippen molar-refractivity contribution < 1.29 is 47.9 Å². The van der Waals surface area contributed by atoms with Crippen LogP contribution in [0.25, 0.3) is 0 Å². The number of carbonyl (C=O) groups is 2. The summed E-state index contributed by atoms with van der Waals surface area (Å²) in [5, 5.41) is 46.8. The van der Waals surface area contributed by atoms with Crippen LogP contribution in [-0.2, 0) is 29.1 Å². The zero-order chi connectivity index (χ0) is 26.7. The van der Waals surface area contributed by atoms with Gasteiger partial charge in [-0.25, -0.2) is 8.42 Å². The number of rotatable bonds is 11. The highest BCUT2D eigenvalue weighted by Gasteiger charge is 2.48. The fourth-order valence-electron chi connectivity index (χ4n) is 4.16. The third-order valence-corrected chi connectivity index (χ3v) is 7.07. The van der Waals surface area contributed by atoms with E-state index in [-0.39, 0.29) is 49.8 Å². The van der Waals surface area contributed by atoms with Gasteiger partial charge < -0.3 is 40.5 Å². The molecule has 13 nitrogen and oxygen atoms in total. The zero-order valence-corrected chi connectivity index (χ0v) is 21.5. The van der Waals surface area contributed by atoms with Gasteiger partial charge in [0.25, 0.3) is 0 Å². The Morgan fingerprint density at radius 2 is 1.06 bits per heavy atom. The summed E-state index contributed by atoms with van der Waals surface area (Å²) < 4.78 is 37.0. The lowest BCUT2D eigenvalue weighted by Crippen LogP contribution is -2.47. The third kappa shape index (κ3) is 8.32. The van der Waals surface area contributed by atoms with E-state index in [9.17, 15) is 38.4 Å². The predicted molar refractivity (Wildman–Crippen MR) is 124 cm³/mol. The van der Waals surface area contributed by atoms with Crippen molar-refractivity contribution >= 4 is 21.8 Å². The summed E-state index contributed by atoms with van der Waals surface area (Å²) in [7, 11) is -3.91. The van der Waals surface area contributed by atoms with E-state index in [1.54, 1.807) is 27.7 Å². The molecule has 2 aliphatic rings. The number of sulfonamides is 1. The molecular weight excluding hydrogens is 486 g/mol. The molecule has 2 aliphatic heterocycles. The highest BCUT2D eigenvalue weighted by atomic mass is 32.2. The molecule has 2 amide bonds. The Kier molecular flexibility index (Phi) is 10.4. The molecule has 0 bridgehead atoms. The molecule has 6 N–H and O–H groups in total. The van der Waals surface area contributed by atoms with Gasteiger partial charge in [-0.15, -0.1) is 0 Å². The van der Waals surface area contributed by atoms with Crippen molar-refractivity contribution in [1.29, 1.82) is 0 Å². The van der Waals surface area contributed by atoms with Crippen molar-refractivity contribution in [2.45, 2.75) is 101 Å². The minimum atomic E-state index is -3.91. The van der Waals surface area contributed by atoms with Crippen LogP contribution in [0.3, 0.4) is 0 Å². The van der Waals surface area contributed by atoms with E-state index in [1.165, 1.54) is 0 Å². The van der Waals surface area contributed by atoms with Gasteiger partial charge in [-0.05, 0) is 27.7 Å². The molecular formula is C21H39N3O10S. The summed E-state index contributed by atoms with van der Waals surface area (Å²) >= 11 is 0. The summed E-state index contributed by atoms with van der Waals surface area (Å²) in [6.07, 6.45) is -9.60. The minimum Gasteiger partial charge on any atom is -0.388 e. The number of nitrogens with one attached hydrogen (secondary N) is 2. The van der Waals surface area contributed by atoms with Crippen LogP contribution in [-0.4, -0.2) is 125 Å². The zero-order valence-electron chi connectivity index (χ0n) is 20.7. The molecule has 35 heavy (non-hydrogen) atoms. The number of aliphatic hydroxyl groups is 4. The van der Waals surface area contributed by atoms with E-state index in [0.717, 1.165) is 10.6 Å². The predicted octanol–water partition coefficient (Wildman–Crippen LogP) is -2.94. The van der Waals surface area contributed by atoms with E-state index in [2.05, 4.69) is 10.6 Å². The normalized spacial score (nSPS) is 33.6. The molecule has 2 rings (SSSR count). The van der Waals surface area contributed by atoms with E-state index in [0.29, 0.717) is 0 Å². The standard InChI is InChI=1S/C21H39N3O10S/c1-10(2)22-16(25)6-12-18(27)20(29)14(33-12)8-24(35(5,31)32)9-15-21(30)19(28)13(34-15)7-17(26)23-11(3)4/h10-15,18-21,27-30H,6-9H2,1-5H3,(H,22,25)(H,23,26)/t12-,13-,14+,15+,18-,19-,20+,21+/m0/s1. The molecule has 0 aromatic carbocycles. The summed E-state index contributed by atoms with van der Waals surface area (Å²) in [6, 6.07) is -0.257. The molecule has 0 saturated carbocycles. The molecule has 8 atom stereocenters. The molecule has 2 fully saturated rings. The summed E-state index contributed by atoms with van der Waals surface area (Å²) in [6.45, 7) is 6.29.